The van der Waals surface area contributed by atoms with Crippen molar-refractivity contribution in [3.05, 3.63) is 131 Å². The maximum absolute atomic E-state index is 14.6. The predicted molar refractivity (Wildman–Crippen MR) is 164 cm³/mol. The standard InChI is InChI=1S/C36H33N3O4/c40-34(32(26-13-3-1-4-14-26)27-15-5-2-6-16-27)38-28-21-22-31(38)33(35(41)42)37(23-28)36(43)39-29-17-9-7-11-24(29)19-20-25-12-8-10-18-30(25)39/h1-18,28,31-33H,19-23H2,(H,41,42)/t28-,31+,33-/m0/s1. The van der Waals surface area contributed by atoms with E-state index in [9.17, 15) is 19.5 Å². The van der Waals surface area contributed by atoms with Crippen molar-refractivity contribution in [3.63, 3.8) is 0 Å². The molecular formula is C36H33N3O4. The third-order valence-electron chi connectivity index (χ3n) is 9.24. The minimum absolute atomic E-state index is 0.117. The second-order valence-corrected chi connectivity index (χ2v) is 11.6. The number of benzene rings is 4. The molecule has 216 valence electrons. The van der Waals surface area contributed by atoms with Gasteiger partial charge in [0.15, 0.2) is 6.04 Å². The zero-order valence-corrected chi connectivity index (χ0v) is 23.8. The van der Waals surface area contributed by atoms with Gasteiger partial charge in [0, 0.05) is 12.6 Å². The second kappa shape index (κ2) is 11.1. The molecule has 1 N–H and O–H groups in total. The number of amides is 3. The number of rotatable bonds is 4. The first-order chi connectivity index (χ1) is 21.0. The van der Waals surface area contributed by atoms with Crippen molar-refractivity contribution >= 4 is 29.3 Å². The molecule has 7 nitrogen and oxygen atoms in total. The largest absolute Gasteiger partial charge is 0.480 e. The Kier molecular flexibility index (Phi) is 6.93. The fraction of sp³-hybridized carbons (Fsp3) is 0.250. The number of carboxylic acids is 1. The number of fused-ring (bicyclic) bond motifs is 4. The lowest BCUT2D eigenvalue weighted by Gasteiger charge is -2.47. The molecule has 4 aromatic rings. The Balaban J connectivity index is 1.27. The molecule has 3 heterocycles. The minimum Gasteiger partial charge on any atom is -0.480 e. The minimum atomic E-state index is -1.16. The molecular weight excluding hydrogens is 538 g/mol. The number of para-hydroxylation sites is 2. The Morgan fingerprint density at radius 1 is 0.674 bits per heavy atom. The van der Waals surface area contributed by atoms with Gasteiger partial charge >= 0.3 is 12.0 Å². The zero-order chi connectivity index (χ0) is 29.5. The summed E-state index contributed by atoms with van der Waals surface area (Å²) in [4.78, 5) is 47.1. The molecule has 0 aliphatic carbocycles. The smallest absolute Gasteiger partial charge is 0.330 e. The summed E-state index contributed by atoms with van der Waals surface area (Å²) >= 11 is 0. The quantitative estimate of drug-likeness (QED) is 0.326. The van der Waals surface area contributed by atoms with E-state index >= 15 is 0 Å². The number of anilines is 2. The van der Waals surface area contributed by atoms with E-state index in [4.69, 9.17) is 0 Å². The average Bonchev–Trinajstić information content (AvgIpc) is 3.23. The lowest BCUT2D eigenvalue weighted by molar-refractivity contribution is -0.151. The summed E-state index contributed by atoms with van der Waals surface area (Å²) in [6.07, 6.45) is 2.74. The van der Waals surface area contributed by atoms with Gasteiger partial charge in [-0.05, 0) is 60.1 Å². The molecule has 7 heteroatoms. The molecule has 0 saturated carbocycles. The van der Waals surface area contributed by atoms with E-state index in [1.807, 2.05) is 109 Å². The van der Waals surface area contributed by atoms with E-state index in [2.05, 4.69) is 0 Å². The predicted octanol–water partition coefficient (Wildman–Crippen LogP) is 6.00. The summed E-state index contributed by atoms with van der Waals surface area (Å²) in [5.41, 5.74) is 5.37. The molecule has 3 atom stereocenters. The van der Waals surface area contributed by atoms with Crippen LogP contribution < -0.4 is 4.90 Å². The molecule has 0 radical (unpaired) electrons. The van der Waals surface area contributed by atoms with Crippen LogP contribution in [-0.4, -0.2) is 57.5 Å². The lowest BCUT2D eigenvalue weighted by atomic mass is 9.88. The molecule has 3 aliphatic rings. The molecule has 2 saturated heterocycles. The van der Waals surface area contributed by atoms with Gasteiger partial charge in [-0.2, -0.15) is 0 Å². The molecule has 0 aromatic heterocycles. The zero-order valence-electron chi connectivity index (χ0n) is 23.8. The number of urea groups is 1. The van der Waals surface area contributed by atoms with Crippen molar-refractivity contribution < 1.29 is 19.5 Å². The number of carbonyl (C=O) groups is 3. The van der Waals surface area contributed by atoms with Crippen molar-refractivity contribution in [2.75, 3.05) is 11.4 Å². The van der Waals surface area contributed by atoms with Crippen LogP contribution in [0.2, 0.25) is 0 Å². The van der Waals surface area contributed by atoms with Gasteiger partial charge < -0.3 is 14.9 Å². The lowest BCUT2D eigenvalue weighted by Crippen LogP contribution is -2.66. The van der Waals surface area contributed by atoms with Gasteiger partial charge in [0.25, 0.3) is 0 Å². The number of hydrogen-bond donors (Lipinski definition) is 1. The summed E-state index contributed by atoms with van der Waals surface area (Å²) < 4.78 is 0. The third kappa shape index (κ3) is 4.65. The normalized spacial score (nSPS) is 20.8. The van der Waals surface area contributed by atoms with E-state index in [0.717, 1.165) is 46.5 Å². The van der Waals surface area contributed by atoms with Crippen LogP contribution in [0.3, 0.4) is 0 Å². The van der Waals surface area contributed by atoms with Crippen molar-refractivity contribution in [1.29, 1.82) is 0 Å². The maximum atomic E-state index is 14.6. The Morgan fingerprint density at radius 2 is 1.19 bits per heavy atom. The molecule has 2 bridgehead atoms. The maximum Gasteiger partial charge on any atom is 0.330 e. The van der Waals surface area contributed by atoms with Crippen LogP contribution in [0, 0.1) is 0 Å². The summed E-state index contributed by atoms with van der Waals surface area (Å²) in [5, 5.41) is 10.6. The molecule has 43 heavy (non-hydrogen) atoms. The van der Waals surface area contributed by atoms with Crippen LogP contribution in [0.25, 0.3) is 0 Å². The van der Waals surface area contributed by atoms with Gasteiger partial charge in [-0.3, -0.25) is 9.69 Å². The molecule has 2 fully saturated rings. The molecule has 0 unspecified atom stereocenters. The van der Waals surface area contributed by atoms with Crippen LogP contribution in [0.4, 0.5) is 16.2 Å². The highest BCUT2D eigenvalue weighted by atomic mass is 16.4. The van der Waals surface area contributed by atoms with Crippen molar-refractivity contribution in [2.24, 2.45) is 0 Å². The average molecular weight is 572 g/mol. The number of likely N-dealkylation sites (tertiary alicyclic amines) is 1. The van der Waals surface area contributed by atoms with E-state index < -0.39 is 24.0 Å². The summed E-state index contributed by atoms with van der Waals surface area (Å²) in [6.45, 7) is 0.162. The van der Waals surface area contributed by atoms with E-state index in [1.165, 1.54) is 4.90 Å². The monoisotopic (exact) mass is 571 g/mol. The number of aliphatic carboxylic acids is 1. The number of aryl methyl sites for hydroxylation is 2. The van der Waals surface area contributed by atoms with E-state index in [-0.39, 0.29) is 24.5 Å². The summed E-state index contributed by atoms with van der Waals surface area (Å²) in [5.74, 6) is -1.77. The Bertz CT molecular complexity index is 1590. The number of hydrogen-bond acceptors (Lipinski definition) is 3. The van der Waals surface area contributed by atoms with Gasteiger partial charge in [0.2, 0.25) is 5.91 Å². The number of carboxylic acid groups (broad SMARTS) is 1. The second-order valence-electron chi connectivity index (χ2n) is 11.6. The Labute approximate surface area is 251 Å². The summed E-state index contributed by atoms with van der Waals surface area (Å²) in [6, 6.07) is 32.6. The highest BCUT2D eigenvalue weighted by molar-refractivity contribution is 6.03. The molecule has 3 aliphatic heterocycles. The van der Waals surface area contributed by atoms with Crippen LogP contribution in [0.1, 0.15) is 41.0 Å². The molecule has 3 amide bonds. The first-order valence-corrected chi connectivity index (χ1v) is 14.9. The number of nitrogens with zero attached hydrogens (tertiary/aromatic N) is 3. The fourth-order valence-corrected chi connectivity index (χ4v) is 7.32. The number of piperazine rings is 1. The third-order valence-corrected chi connectivity index (χ3v) is 9.24. The Morgan fingerprint density at radius 3 is 1.72 bits per heavy atom. The highest BCUT2D eigenvalue weighted by Gasteiger charge is 2.54. The Hall–Kier alpha value is -4.91. The van der Waals surface area contributed by atoms with Crippen LogP contribution in [0.5, 0.6) is 0 Å². The topological polar surface area (TPSA) is 81.2 Å². The molecule has 7 rings (SSSR count). The first kappa shape index (κ1) is 27.0. The van der Waals surface area contributed by atoms with Gasteiger partial charge in [-0.1, -0.05) is 97.1 Å². The van der Waals surface area contributed by atoms with Crippen molar-refractivity contribution in [2.45, 2.75) is 49.7 Å². The van der Waals surface area contributed by atoms with Gasteiger partial charge in [-0.15, -0.1) is 0 Å². The molecule has 4 aromatic carbocycles. The number of carbonyl (C=O) groups excluding carboxylic acids is 2. The fourth-order valence-electron chi connectivity index (χ4n) is 7.32. The van der Waals surface area contributed by atoms with Gasteiger partial charge in [-0.25, -0.2) is 9.59 Å². The van der Waals surface area contributed by atoms with Gasteiger partial charge in [0.05, 0.1) is 23.3 Å². The van der Waals surface area contributed by atoms with Crippen LogP contribution >= 0.6 is 0 Å². The van der Waals surface area contributed by atoms with Crippen molar-refractivity contribution in [1.82, 2.24) is 9.80 Å². The van der Waals surface area contributed by atoms with Crippen LogP contribution in [0.15, 0.2) is 109 Å². The van der Waals surface area contributed by atoms with Crippen LogP contribution in [-0.2, 0) is 22.4 Å². The highest BCUT2D eigenvalue weighted by Crippen LogP contribution is 2.42. The SMILES string of the molecule is O=C(O)[C@@H]1[C@H]2CC[C@@H](CN1C(=O)N1c3ccccc3CCc3ccccc31)N2C(=O)C(c1ccccc1)c1ccccc1. The van der Waals surface area contributed by atoms with Crippen molar-refractivity contribution in [3.8, 4) is 0 Å². The first-order valence-electron chi connectivity index (χ1n) is 14.9. The van der Waals surface area contributed by atoms with E-state index in [0.29, 0.717) is 12.8 Å². The molecule has 0 spiro atoms. The summed E-state index contributed by atoms with van der Waals surface area (Å²) in [7, 11) is 0. The van der Waals surface area contributed by atoms with Gasteiger partial charge in [0.1, 0.15) is 0 Å². The van der Waals surface area contributed by atoms with E-state index in [1.54, 1.807) is 9.80 Å².